The molecule has 0 aliphatic carbocycles. The zero-order valence-electron chi connectivity index (χ0n) is 5.33. The molecule has 0 spiro atoms. The minimum absolute atomic E-state index is 0.561. The number of aliphatic hydroxyl groups is 1. The smallest absolute Gasteiger partial charge is 0.333 e. The van der Waals surface area contributed by atoms with Crippen LogP contribution in [-0.2, 0) is 9.53 Å². The molecule has 0 fully saturated rings. The van der Waals surface area contributed by atoms with Crippen LogP contribution in [0.1, 0.15) is 13.3 Å². The van der Waals surface area contributed by atoms with E-state index in [9.17, 15) is 4.79 Å². The largest absolute Gasteiger partial charge is 0.445 e. The highest BCUT2D eigenvalue weighted by atomic mass is 16.6. The van der Waals surface area contributed by atoms with Gasteiger partial charge in [0.25, 0.3) is 0 Å². The zero-order chi connectivity index (χ0) is 7.28. The first-order valence-corrected chi connectivity index (χ1v) is 2.76. The van der Waals surface area contributed by atoms with Crippen molar-refractivity contribution >= 4 is 5.97 Å². The first-order chi connectivity index (χ1) is 4.20. The van der Waals surface area contributed by atoms with Crippen LogP contribution in [-0.4, -0.2) is 23.9 Å². The maximum absolute atomic E-state index is 10.2. The van der Waals surface area contributed by atoms with E-state index in [0.717, 1.165) is 0 Å². The van der Waals surface area contributed by atoms with E-state index in [0.29, 0.717) is 6.42 Å². The third kappa shape index (κ3) is 3.93. The molecular weight excluding hydrogens is 122 g/mol. The van der Waals surface area contributed by atoms with Crippen molar-refractivity contribution in [1.82, 2.24) is 0 Å². The molecule has 0 aromatic carbocycles. The maximum Gasteiger partial charge on any atom is 0.333 e. The van der Waals surface area contributed by atoms with Gasteiger partial charge in [0, 0.05) is 0 Å². The maximum atomic E-state index is 10.2. The lowest BCUT2D eigenvalue weighted by molar-refractivity contribution is -0.152. The molecule has 0 amide bonds. The average Bonchev–Trinajstić information content (AvgIpc) is 1.87. The summed E-state index contributed by atoms with van der Waals surface area (Å²) in [6.45, 7) is 1.18. The summed E-state index contributed by atoms with van der Waals surface area (Å²) in [5.41, 5.74) is 5.20. The van der Waals surface area contributed by atoms with Crippen LogP contribution in [0.15, 0.2) is 0 Å². The molecule has 0 saturated heterocycles. The van der Waals surface area contributed by atoms with Crippen LogP contribution in [0.2, 0.25) is 0 Å². The lowest BCUT2D eigenvalue weighted by atomic mass is 10.4. The fourth-order valence-corrected chi connectivity index (χ4v) is 0.289. The van der Waals surface area contributed by atoms with Crippen molar-refractivity contribution in [3.05, 3.63) is 0 Å². The van der Waals surface area contributed by atoms with Crippen molar-refractivity contribution in [2.45, 2.75) is 19.6 Å². The third-order valence-corrected chi connectivity index (χ3v) is 0.814. The van der Waals surface area contributed by atoms with Crippen LogP contribution in [0.4, 0.5) is 0 Å². The van der Waals surface area contributed by atoms with Gasteiger partial charge in [-0.05, 0) is 6.42 Å². The average molecular weight is 133 g/mol. The van der Waals surface area contributed by atoms with E-state index in [2.05, 4.69) is 4.74 Å². The summed E-state index contributed by atoms with van der Waals surface area (Å²) in [4.78, 5) is 10.2. The van der Waals surface area contributed by atoms with Crippen molar-refractivity contribution in [3.63, 3.8) is 0 Å². The Morgan fingerprint density at radius 3 is 2.78 bits per heavy atom. The van der Waals surface area contributed by atoms with Gasteiger partial charge in [0.1, 0.15) is 6.61 Å². The predicted molar refractivity (Wildman–Crippen MR) is 31.4 cm³/mol. The molecule has 0 aromatic rings. The molecule has 0 radical (unpaired) electrons. The first kappa shape index (κ1) is 8.39. The molecule has 3 N–H and O–H groups in total. The third-order valence-electron chi connectivity index (χ3n) is 0.814. The molecular formula is C5H11NO3. The fraction of sp³-hybridized carbons (Fsp3) is 0.800. The van der Waals surface area contributed by atoms with Gasteiger partial charge in [-0.1, -0.05) is 6.92 Å². The number of hydrogen-bond acceptors (Lipinski definition) is 4. The molecule has 1 atom stereocenters. The van der Waals surface area contributed by atoms with Gasteiger partial charge in [-0.15, -0.1) is 0 Å². The zero-order valence-corrected chi connectivity index (χ0v) is 5.33. The number of hydrogen-bond donors (Lipinski definition) is 2. The van der Waals surface area contributed by atoms with Gasteiger partial charge in [-0.2, -0.15) is 0 Å². The molecule has 4 heteroatoms. The van der Waals surface area contributed by atoms with Crippen LogP contribution in [0.5, 0.6) is 0 Å². The highest BCUT2D eigenvalue weighted by Gasteiger charge is 2.04. The van der Waals surface area contributed by atoms with Crippen molar-refractivity contribution in [2.24, 2.45) is 5.73 Å². The quantitative estimate of drug-likeness (QED) is 0.391. The second kappa shape index (κ2) is 4.29. The standard InChI is InChI=1S/C5H11NO3/c1-2-4(6)9-5(8)3-7/h4,7H,2-3,6H2,1H3. The van der Waals surface area contributed by atoms with E-state index in [1.165, 1.54) is 0 Å². The number of carbonyl (C=O) groups excluding carboxylic acids is 1. The Morgan fingerprint density at radius 1 is 1.89 bits per heavy atom. The SMILES string of the molecule is CCC(N)OC(=O)CO. The molecule has 0 saturated carbocycles. The van der Waals surface area contributed by atoms with Gasteiger partial charge < -0.3 is 9.84 Å². The Hall–Kier alpha value is -0.610. The Morgan fingerprint density at radius 2 is 2.44 bits per heavy atom. The van der Waals surface area contributed by atoms with Crippen molar-refractivity contribution in [2.75, 3.05) is 6.61 Å². The lowest BCUT2D eigenvalue weighted by Crippen LogP contribution is -2.27. The minimum atomic E-state index is -0.677. The molecule has 1 unspecified atom stereocenters. The second-order valence-electron chi connectivity index (χ2n) is 1.59. The predicted octanol–water partition coefficient (Wildman–Crippen LogP) is -0.783. The minimum Gasteiger partial charge on any atom is -0.445 e. The van der Waals surface area contributed by atoms with Crippen LogP contribution < -0.4 is 5.73 Å². The normalized spacial score (nSPS) is 12.8. The van der Waals surface area contributed by atoms with E-state index in [-0.39, 0.29) is 0 Å². The summed E-state index contributed by atoms with van der Waals surface area (Å²) in [7, 11) is 0. The van der Waals surface area contributed by atoms with Crippen molar-refractivity contribution in [1.29, 1.82) is 0 Å². The molecule has 0 rings (SSSR count). The first-order valence-electron chi connectivity index (χ1n) is 2.76. The molecule has 0 bridgehead atoms. The topological polar surface area (TPSA) is 72.5 Å². The Labute approximate surface area is 53.6 Å². The van der Waals surface area contributed by atoms with E-state index in [4.69, 9.17) is 10.8 Å². The van der Waals surface area contributed by atoms with Gasteiger partial charge >= 0.3 is 5.97 Å². The van der Waals surface area contributed by atoms with Crippen LogP contribution in [0, 0.1) is 0 Å². The van der Waals surface area contributed by atoms with Crippen LogP contribution >= 0.6 is 0 Å². The van der Waals surface area contributed by atoms with Gasteiger partial charge in [-0.3, -0.25) is 5.73 Å². The number of nitrogens with two attached hydrogens (primary N) is 1. The number of ether oxygens (including phenoxy) is 1. The summed E-state index contributed by atoms with van der Waals surface area (Å²) < 4.78 is 4.44. The van der Waals surface area contributed by atoms with Crippen LogP contribution in [0.3, 0.4) is 0 Å². The van der Waals surface area contributed by atoms with Gasteiger partial charge in [0.2, 0.25) is 0 Å². The van der Waals surface area contributed by atoms with Crippen molar-refractivity contribution in [3.8, 4) is 0 Å². The number of esters is 1. The molecule has 54 valence electrons. The molecule has 0 aliphatic rings. The Balaban J connectivity index is 3.34. The lowest BCUT2D eigenvalue weighted by Gasteiger charge is -2.07. The molecule has 0 aliphatic heterocycles. The molecule has 4 nitrogen and oxygen atoms in total. The number of aliphatic hydroxyl groups excluding tert-OH is 1. The molecule has 9 heavy (non-hydrogen) atoms. The second-order valence-corrected chi connectivity index (χ2v) is 1.59. The van der Waals surface area contributed by atoms with Gasteiger partial charge in [-0.25, -0.2) is 4.79 Å². The van der Waals surface area contributed by atoms with Gasteiger partial charge in [0.05, 0.1) is 0 Å². The van der Waals surface area contributed by atoms with Gasteiger partial charge in [0.15, 0.2) is 6.23 Å². The highest BCUT2D eigenvalue weighted by Crippen LogP contribution is 1.88. The summed E-state index contributed by atoms with van der Waals surface area (Å²) in [5, 5.41) is 8.15. The fourth-order valence-electron chi connectivity index (χ4n) is 0.289. The Kier molecular flexibility index (Phi) is 4.00. The highest BCUT2D eigenvalue weighted by molar-refractivity contribution is 5.70. The summed E-state index contributed by atoms with van der Waals surface area (Å²) in [6.07, 6.45) is -0.0178. The number of rotatable bonds is 3. The summed E-state index contributed by atoms with van der Waals surface area (Å²) >= 11 is 0. The summed E-state index contributed by atoms with van der Waals surface area (Å²) in [5.74, 6) is -0.677. The monoisotopic (exact) mass is 133 g/mol. The van der Waals surface area contributed by atoms with Crippen molar-refractivity contribution < 1.29 is 14.6 Å². The molecule has 0 aromatic heterocycles. The van der Waals surface area contributed by atoms with E-state index >= 15 is 0 Å². The summed E-state index contributed by atoms with van der Waals surface area (Å²) in [6, 6.07) is 0. The Bertz CT molecular complexity index is 94.2. The van der Waals surface area contributed by atoms with E-state index in [1.54, 1.807) is 6.92 Å². The van der Waals surface area contributed by atoms with E-state index < -0.39 is 18.8 Å². The number of carbonyl (C=O) groups is 1. The van der Waals surface area contributed by atoms with Crippen LogP contribution in [0.25, 0.3) is 0 Å². The van der Waals surface area contributed by atoms with E-state index in [1.807, 2.05) is 0 Å². The molecule has 0 heterocycles.